The third-order valence-electron chi connectivity index (χ3n) is 2.82. The fourth-order valence-corrected chi connectivity index (χ4v) is 1.90. The Morgan fingerprint density at radius 3 is 2.35 bits per heavy atom. The molecule has 1 unspecified atom stereocenters. The summed E-state index contributed by atoms with van der Waals surface area (Å²) >= 11 is 0. The van der Waals surface area contributed by atoms with Gasteiger partial charge in [0, 0.05) is 12.4 Å². The molecule has 1 N–H and O–H groups in total. The highest BCUT2D eigenvalue weighted by molar-refractivity contribution is 5.71. The van der Waals surface area contributed by atoms with Crippen molar-refractivity contribution in [3.8, 4) is 0 Å². The van der Waals surface area contributed by atoms with Crippen LogP contribution in [-0.4, -0.2) is 15.6 Å². The number of carboxylic acids is 1. The van der Waals surface area contributed by atoms with E-state index in [1.54, 1.807) is 17.0 Å². The van der Waals surface area contributed by atoms with Crippen molar-refractivity contribution in [1.82, 2.24) is 4.57 Å². The molecule has 0 aliphatic carbocycles. The number of carbonyl (C=O) groups is 1. The minimum Gasteiger partial charge on any atom is -0.480 e. The molecule has 2 rings (SSSR count). The normalized spacial score (nSPS) is 12.2. The van der Waals surface area contributed by atoms with Crippen molar-refractivity contribution < 1.29 is 9.90 Å². The van der Waals surface area contributed by atoms with Crippen LogP contribution in [0, 0.1) is 0 Å². The van der Waals surface area contributed by atoms with Gasteiger partial charge in [0.25, 0.3) is 0 Å². The van der Waals surface area contributed by atoms with Gasteiger partial charge in [0.15, 0.2) is 0 Å². The number of aromatic nitrogens is 1. The molecule has 88 valence electrons. The fourth-order valence-electron chi connectivity index (χ4n) is 1.90. The molecular weight excluding hydrogens is 214 g/mol. The third kappa shape index (κ3) is 2.97. The van der Waals surface area contributed by atoms with Crippen molar-refractivity contribution in [2.75, 3.05) is 0 Å². The number of hydrogen-bond donors (Lipinski definition) is 1. The average Bonchev–Trinajstić information content (AvgIpc) is 2.84. The van der Waals surface area contributed by atoms with Crippen molar-refractivity contribution in [3.05, 3.63) is 60.4 Å². The molecule has 3 heteroatoms. The standard InChI is InChI=1S/C14H15NO2/c16-14(17)13(15-10-4-5-11-15)9-8-12-6-2-1-3-7-12/h1-7,10-11,13H,8-9H2,(H,16,17). The molecule has 0 radical (unpaired) electrons. The molecule has 3 nitrogen and oxygen atoms in total. The van der Waals surface area contributed by atoms with Gasteiger partial charge in [-0.05, 0) is 30.5 Å². The van der Waals surface area contributed by atoms with Gasteiger partial charge in [-0.3, -0.25) is 0 Å². The molecule has 0 amide bonds. The summed E-state index contributed by atoms with van der Waals surface area (Å²) < 4.78 is 1.74. The van der Waals surface area contributed by atoms with E-state index >= 15 is 0 Å². The van der Waals surface area contributed by atoms with Gasteiger partial charge in [0.2, 0.25) is 0 Å². The van der Waals surface area contributed by atoms with Crippen LogP contribution in [0.3, 0.4) is 0 Å². The van der Waals surface area contributed by atoms with Crippen LogP contribution in [0.25, 0.3) is 0 Å². The van der Waals surface area contributed by atoms with Crippen LogP contribution < -0.4 is 0 Å². The lowest BCUT2D eigenvalue weighted by Crippen LogP contribution is -2.18. The van der Waals surface area contributed by atoms with Crippen molar-refractivity contribution in [1.29, 1.82) is 0 Å². The highest BCUT2D eigenvalue weighted by Gasteiger charge is 2.17. The molecule has 1 aromatic heterocycles. The molecular formula is C14H15NO2. The molecule has 0 bridgehead atoms. The second-order valence-corrected chi connectivity index (χ2v) is 4.01. The Kier molecular flexibility index (Phi) is 3.60. The summed E-state index contributed by atoms with van der Waals surface area (Å²) in [7, 11) is 0. The SMILES string of the molecule is O=C(O)C(CCc1ccccc1)n1cccc1. The second-order valence-electron chi connectivity index (χ2n) is 4.01. The van der Waals surface area contributed by atoms with Crippen molar-refractivity contribution >= 4 is 5.97 Å². The Morgan fingerprint density at radius 2 is 1.76 bits per heavy atom. The lowest BCUT2D eigenvalue weighted by molar-refractivity contribution is -0.141. The quantitative estimate of drug-likeness (QED) is 0.856. The van der Waals surface area contributed by atoms with Gasteiger partial charge in [-0.25, -0.2) is 4.79 Å². The number of carboxylic acid groups (broad SMARTS) is 1. The van der Waals surface area contributed by atoms with Crippen molar-refractivity contribution in [2.45, 2.75) is 18.9 Å². The van der Waals surface area contributed by atoms with E-state index in [0.29, 0.717) is 6.42 Å². The average molecular weight is 229 g/mol. The van der Waals surface area contributed by atoms with Crippen LogP contribution in [0.4, 0.5) is 0 Å². The predicted molar refractivity (Wildman–Crippen MR) is 65.9 cm³/mol. The molecule has 0 saturated heterocycles. The second kappa shape index (κ2) is 5.34. The minimum absolute atomic E-state index is 0.481. The zero-order chi connectivity index (χ0) is 12.1. The number of nitrogens with zero attached hydrogens (tertiary/aromatic N) is 1. The molecule has 0 fully saturated rings. The number of aryl methyl sites for hydroxylation is 1. The number of rotatable bonds is 5. The van der Waals surface area contributed by atoms with Crippen LogP contribution in [0.1, 0.15) is 18.0 Å². The summed E-state index contributed by atoms with van der Waals surface area (Å²) in [6.45, 7) is 0. The minimum atomic E-state index is -0.780. The molecule has 0 spiro atoms. The highest BCUT2D eigenvalue weighted by Crippen LogP contribution is 2.15. The van der Waals surface area contributed by atoms with Gasteiger partial charge < -0.3 is 9.67 Å². The maximum absolute atomic E-state index is 11.2. The summed E-state index contributed by atoms with van der Waals surface area (Å²) in [6, 6.07) is 13.2. The van der Waals surface area contributed by atoms with Gasteiger partial charge in [-0.1, -0.05) is 30.3 Å². The van der Waals surface area contributed by atoms with Crippen LogP contribution in [0.5, 0.6) is 0 Å². The van der Waals surface area contributed by atoms with Gasteiger partial charge in [-0.2, -0.15) is 0 Å². The summed E-state index contributed by atoms with van der Waals surface area (Å²) in [5, 5.41) is 9.20. The summed E-state index contributed by atoms with van der Waals surface area (Å²) in [4.78, 5) is 11.2. The monoisotopic (exact) mass is 229 g/mol. The Bertz CT molecular complexity index is 462. The third-order valence-corrected chi connectivity index (χ3v) is 2.82. The van der Waals surface area contributed by atoms with Crippen LogP contribution >= 0.6 is 0 Å². The van der Waals surface area contributed by atoms with E-state index in [2.05, 4.69) is 0 Å². The highest BCUT2D eigenvalue weighted by atomic mass is 16.4. The van der Waals surface area contributed by atoms with E-state index in [1.807, 2.05) is 42.5 Å². The summed E-state index contributed by atoms with van der Waals surface area (Å²) in [5.41, 5.74) is 1.17. The van der Waals surface area contributed by atoms with E-state index in [1.165, 1.54) is 5.56 Å². The predicted octanol–water partition coefficient (Wildman–Crippen LogP) is 2.75. The number of hydrogen-bond acceptors (Lipinski definition) is 1. The molecule has 1 aromatic carbocycles. The van der Waals surface area contributed by atoms with Gasteiger partial charge in [0.1, 0.15) is 6.04 Å². The van der Waals surface area contributed by atoms with Crippen LogP contribution in [0.15, 0.2) is 54.9 Å². The zero-order valence-electron chi connectivity index (χ0n) is 9.49. The van der Waals surface area contributed by atoms with Crippen LogP contribution in [0.2, 0.25) is 0 Å². The molecule has 0 aliphatic heterocycles. The van der Waals surface area contributed by atoms with E-state index in [9.17, 15) is 9.90 Å². The lowest BCUT2D eigenvalue weighted by Gasteiger charge is -2.14. The molecule has 0 saturated carbocycles. The van der Waals surface area contributed by atoms with Crippen molar-refractivity contribution in [3.63, 3.8) is 0 Å². The lowest BCUT2D eigenvalue weighted by atomic mass is 10.1. The van der Waals surface area contributed by atoms with Gasteiger partial charge in [0.05, 0.1) is 0 Å². The number of aliphatic carboxylic acids is 1. The van der Waals surface area contributed by atoms with E-state index in [-0.39, 0.29) is 0 Å². The molecule has 1 atom stereocenters. The van der Waals surface area contributed by atoms with Gasteiger partial charge in [-0.15, -0.1) is 0 Å². The summed E-state index contributed by atoms with van der Waals surface area (Å²) in [6.07, 6.45) is 4.97. The first kappa shape index (κ1) is 11.5. The largest absolute Gasteiger partial charge is 0.480 e. The first-order valence-corrected chi connectivity index (χ1v) is 5.66. The maximum Gasteiger partial charge on any atom is 0.326 e. The Hall–Kier alpha value is -2.03. The Morgan fingerprint density at radius 1 is 1.12 bits per heavy atom. The molecule has 1 heterocycles. The van der Waals surface area contributed by atoms with E-state index < -0.39 is 12.0 Å². The molecule has 0 aliphatic rings. The fraction of sp³-hybridized carbons (Fsp3) is 0.214. The Labute approximate surface area is 100 Å². The summed E-state index contributed by atoms with van der Waals surface area (Å²) in [5.74, 6) is -0.780. The number of benzene rings is 1. The van der Waals surface area contributed by atoms with E-state index in [0.717, 1.165) is 6.42 Å². The maximum atomic E-state index is 11.2. The first-order chi connectivity index (χ1) is 8.27. The van der Waals surface area contributed by atoms with E-state index in [4.69, 9.17) is 0 Å². The topological polar surface area (TPSA) is 42.2 Å². The van der Waals surface area contributed by atoms with Crippen molar-refractivity contribution in [2.24, 2.45) is 0 Å². The first-order valence-electron chi connectivity index (χ1n) is 5.66. The Balaban J connectivity index is 2.03. The molecule has 17 heavy (non-hydrogen) atoms. The zero-order valence-corrected chi connectivity index (χ0v) is 9.49. The van der Waals surface area contributed by atoms with Crippen LogP contribution in [-0.2, 0) is 11.2 Å². The molecule has 2 aromatic rings. The smallest absolute Gasteiger partial charge is 0.326 e. The van der Waals surface area contributed by atoms with Gasteiger partial charge >= 0.3 is 5.97 Å².